The van der Waals surface area contributed by atoms with Gasteiger partial charge < -0.3 is 5.73 Å². The van der Waals surface area contributed by atoms with Gasteiger partial charge in [-0.25, -0.2) is 0 Å². The van der Waals surface area contributed by atoms with Crippen LogP contribution in [0.15, 0.2) is 0 Å². The summed E-state index contributed by atoms with van der Waals surface area (Å²) >= 11 is 0. The Bertz CT molecular complexity index is 359. The van der Waals surface area contributed by atoms with Crippen molar-refractivity contribution >= 4 is 11.8 Å². The van der Waals surface area contributed by atoms with Gasteiger partial charge >= 0.3 is 0 Å². The lowest BCUT2D eigenvalue weighted by Crippen LogP contribution is -2.46. The fourth-order valence-corrected chi connectivity index (χ4v) is 3.78. The van der Waals surface area contributed by atoms with Crippen molar-refractivity contribution in [1.29, 1.82) is 0 Å². The van der Waals surface area contributed by atoms with Crippen molar-refractivity contribution in [2.24, 2.45) is 11.1 Å². The molecular weight excluding hydrogens is 252 g/mol. The maximum absolute atomic E-state index is 12.9. The minimum absolute atomic E-state index is 0.0171. The van der Waals surface area contributed by atoms with E-state index >= 15 is 0 Å². The Balaban J connectivity index is 2.14. The van der Waals surface area contributed by atoms with Crippen LogP contribution in [0, 0.1) is 5.41 Å². The molecule has 0 bridgehead atoms. The molecule has 2 fully saturated rings. The third-order valence-corrected chi connectivity index (χ3v) is 5.02. The summed E-state index contributed by atoms with van der Waals surface area (Å²) in [6.45, 7) is 2.52. The third-order valence-electron chi connectivity index (χ3n) is 5.02. The quantitative estimate of drug-likeness (QED) is 0.787. The third kappa shape index (κ3) is 2.90. The molecule has 1 unspecified atom stereocenters. The van der Waals surface area contributed by atoms with Crippen LogP contribution in [0.25, 0.3) is 0 Å². The van der Waals surface area contributed by atoms with Gasteiger partial charge in [0.05, 0.1) is 11.5 Å². The maximum Gasteiger partial charge on any atom is 0.236 e. The first-order chi connectivity index (χ1) is 9.64. The zero-order valence-electron chi connectivity index (χ0n) is 12.7. The van der Waals surface area contributed by atoms with Gasteiger partial charge in [-0.2, -0.15) is 0 Å². The summed E-state index contributed by atoms with van der Waals surface area (Å²) in [5.41, 5.74) is 5.44. The van der Waals surface area contributed by atoms with Gasteiger partial charge in [0.1, 0.15) is 0 Å². The summed E-state index contributed by atoms with van der Waals surface area (Å²) in [6, 6.07) is -0.0856. The van der Waals surface area contributed by atoms with Crippen molar-refractivity contribution < 1.29 is 9.59 Å². The fraction of sp³-hybridized carbons (Fsp3) is 0.875. The van der Waals surface area contributed by atoms with E-state index in [1.54, 1.807) is 0 Å². The Labute approximate surface area is 122 Å². The average Bonchev–Trinajstić information content (AvgIpc) is 2.62. The number of amides is 2. The second-order valence-corrected chi connectivity index (χ2v) is 6.47. The van der Waals surface area contributed by atoms with Gasteiger partial charge in [-0.15, -0.1) is 0 Å². The molecule has 1 aliphatic heterocycles. The van der Waals surface area contributed by atoms with E-state index in [9.17, 15) is 9.59 Å². The normalized spacial score (nSPS) is 24.2. The number of hydrogen-bond donors (Lipinski definition) is 1. The minimum Gasteiger partial charge on any atom is -0.328 e. The number of nitrogens with zero attached hydrogens (tertiary/aromatic N) is 1. The van der Waals surface area contributed by atoms with Crippen molar-refractivity contribution in [2.75, 3.05) is 6.54 Å². The van der Waals surface area contributed by atoms with Gasteiger partial charge in [0.25, 0.3) is 0 Å². The number of carbonyl (C=O) groups is 2. The van der Waals surface area contributed by atoms with E-state index in [4.69, 9.17) is 5.73 Å². The number of likely N-dealkylation sites (tertiary alicyclic amines) is 1. The molecule has 1 saturated heterocycles. The van der Waals surface area contributed by atoms with Crippen LogP contribution < -0.4 is 5.73 Å². The first kappa shape index (κ1) is 15.5. The summed E-state index contributed by atoms with van der Waals surface area (Å²) in [5, 5.41) is 0. The molecule has 20 heavy (non-hydrogen) atoms. The molecule has 1 heterocycles. The molecule has 1 atom stereocenters. The highest BCUT2D eigenvalue weighted by atomic mass is 16.2. The van der Waals surface area contributed by atoms with Crippen LogP contribution in [0.1, 0.15) is 71.1 Å². The predicted octanol–water partition coefficient (Wildman–Crippen LogP) is 2.60. The van der Waals surface area contributed by atoms with Crippen molar-refractivity contribution in [3.05, 3.63) is 0 Å². The standard InChI is InChI=1S/C16H28N2O2/c1-2-3-8-13(12-17)18-14(19)11-16(15(18)20)9-6-4-5-7-10-16/h13H,2-12,17H2,1H3. The Hall–Kier alpha value is -0.900. The molecule has 0 aromatic heterocycles. The summed E-state index contributed by atoms with van der Waals surface area (Å²) < 4.78 is 0. The average molecular weight is 280 g/mol. The maximum atomic E-state index is 12.9. The highest BCUT2D eigenvalue weighted by Crippen LogP contribution is 2.45. The first-order valence-electron chi connectivity index (χ1n) is 8.21. The monoisotopic (exact) mass is 280 g/mol. The van der Waals surface area contributed by atoms with Crippen LogP contribution >= 0.6 is 0 Å². The van der Waals surface area contributed by atoms with E-state index in [0.717, 1.165) is 44.9 Å². The van der Waals surface area contributed by atoms with E-state index in [-0.39, 0.29) is 23.3 Å². The van der Waals surface area contributed by atoms with Crippen LogP contribution in [-0.2, 0) is 9.59 Å². The number of unbranched alkanes of at least 4 members (excludes halogenated alkanes) is 1. The second kappa shape index (κ2) is 6.70. The van der Waals surface area contributed by atoms with Crippen LogP contribution in [-0.4, -0.2) is 29.3 Å². The molecule has 114 valence electrons. The number of hydrogen-bond acceptors (Lipinski definition) is 3. The SMILES string of the molecule is CCCCC(CN)N1C(=O)CC2(CCCCCC2)C1=O. The fourth-order valence-electron chi connectivity index (χ4n) is 3.78. The summed E-state index contributed by atoms with van der Waals surface area (Å²) in [6.07, 6.45) is 9.68. The smallest absolute Gasteiger partial charge is 0.236 e. The lowest BCUT2D eigenvalue weighted by molar-refractivity contribution is -0.144. The Kier molecular flexibility index (Phi) is 5.19. The lowest BCUT2D eigenvalue weighted by atomic mass is 9.79. The molecule has 0 aromatic carbocycles. The van der Waals surface area contributed by atoms with Gasteiger partial charge in [-0.1, -0.05) is 45.4 Å². The summed E-state index contributed by atoms with van der Waals surface area (Å²) in [5.74, 6) is 0.0967. The molecule has 2 rings (SSSR count). The van der Waals surface area contributed by atoms with E-state index < -0.39 is 0 Å². The van der Waals surface area contributed by atoms with Gasteiger partial charge in [0, 0.05) is 13.0 Å². The molecule has 2 amide bonds. The van der Waals surface area contributed by atoms with Crippen LogP contribution in [0.5, 0.6) is 0 Å². The number of nitrogens with two attached hydrogens (primary N) is 1. The Morgan fingerprint density at radius 3 is 2.40 bits per heavy atom. The first-order valence-corrected chi connectivity index (χ1v) is 8.21. The number of imide groups is 1. The summed E-state index contributed by atoms with van der Waals surface area (Å²) in [7, 11) is 0. The predicted molar refractivity (Wildman–Crippen MR) is 79.0 cm³/mol. The molecule has 0 radical (unpaired) electrons. The lowest BCUT2D eigenvalue weighted by Gasteiger charge is -2.29. The number of carbonyl (C=O) groups excluding carboxylic acids is 2. The van der Waals surface area contributed by atoms with Crippen molar-refractivity contribution in [3.8, 4) is 0 Å². The second-order valence-electron chi connectivity index (χ2n) is 6.47. The van der Waals surface area contributed by atoms with Gasteiger partial charge in [0.2, 0.25) is 11.8 Å². The molecule has 0 aromatic rings. The zero-order valence-corrected chi connectivity index (χ0v) is 12.7. The van der Waals surface area contributed by atoms with E-state index in [0.29, 0.717) is 13.0 Å². The topological polar surface area (TPSA) is 63.4 Å². The molecule has 1 saturated carbocycles. The summed E-state index contributed by atoms with van der Waals surface area (Å²) in [4.78, 5) is 26.8. The van der Waals surface area contributed by atoms with Gasteiger partial charge in [-0.3, -0.25) is 14.5 Å². The molecule has 4 heteroatoms. The molecule has 4 nitrogen and oxygen atoms in total. The van der Waals surface area contributed by atoms with Gasteiger partial charge in [0.15, 0.2) is 0 Å². The van der Waals surface area contributed by atoms with E-state index in [1.165, 1.54) is 17.7 Å². The van der Waals surface area contributed by atoms with Crippen LogP contribution in [0.4, 0.5) is 0 Å². The van der Waals surface area contributed by atoms with Crippen molar-refractivity contribution in [3.63, 3.8) is 0 Å². The van der Waals surface area contributed by atoms with Crippen molar-refractivity contribution in [2.45, 2.75) is 77.2 Å². The Morgan fingerprint density at radius 2 is 1.85 bits per heavy atom. The highest BCUT2D eigenvalue weighted by molar-refractivity contribution is 6.06. The van der Waals surface area contributed by atoms with E-state index in [1.807, 2.05) is 0 Å². The zero-order chi connectivity index (χ0) is 14.6. The Morgan fingerprint density at radius 1 is 1.20 bits per heavy atom. The molecule has 2 aliphatic rings. The molecule has 2 N–H and O–H groups in total. The highest BCUT2D eigenvalue weighted by Gasteiger charge is 2.52. The van der Waals surface area contributed by atoms with Crippen LogP contribution in [0.2, 0.25) is 0 Å². The van der Waals surface area contributed by atoms with Gasteiger partial charge in [-0.05, 0) is 19.3 Å². The minimum atomic E-state index is -0.382. The van der Waals surface area contributed by atoms with E-state index in [2.05, 4.69) is 6.92 Å². The largest absolute Gasteiger partial charge is 0.328 e. The number of rotatable bonds is 5. The molecule has 1 spiro atoms. The molecule has 1 aliphatic carbocycles. The van der Waals surface area contributed by atoms with Crippen molar-refractivity contribution in [1.82, 2.24) is 4.90 Å². The molecular formula is C16H28N2O2. The van der Waals surface area contributed by atoms with Crippen LogP contribution in [0.3, 0.4) is 0 Å².